The highest BCUT2D eigenvalue weighted by Crippen LogP contribution is 2.24. The van der Waals surface area contributed by atoms with Crippen LogP contribution in [0.25, 0.3) is 11.0 Å². The van der Waals surface area contributed by atoms with Gasteiger partial charge in [-0.1, -0.05) is 30.3 Å². The molecule has 3 nitrogen and oxygen atoms in total. The molecule has 1 aliphatic carbocycles. The molecule has 0 bridgehead atoms. The maximum absolute atomic E-state index is 14.1. The van der Waals surface area contributed by atoms with Gasteiger partial charge in [0.2, 0.25) is 0 Å². The monoisotopic (exact) mass is 352 g/mol. The molecule has 0 spiro atoms. The topological polar surface area (TPSA) is 34.7 Å². The van der Waals surface area contributed by atoms with Gasteiger partial charge in [-0.2, -0.15) is 0 Å². The normalized spacial score (nSPS) is 15.3. The predicted octanol–water partition coefficient (Wildman–Crippen LogP) is 3.30. The summed E-state index contributed by atoms with van der Waals surface area (Å²) in [6, 6.07) is 13.2. The Morgan fingerprint density at radius 2 is 1.81 bits per heavy atom. The fourth-order valence-corrected chi connectivity index (χ4v) is 3.64. The molecule has 0 saturated heterocycles. The van der Waals surface area contributed by atoms with Crippen molar-refractivity contribution in [3.63, 3.8) is 0 Å². The molecule has 4 rings (SSSR count). The molecule has 1 saturated carbocycles. The SMILES string of the molecule is Cc1ccc2c(C[NH+](Cc3ccccc3F)C3CC3)cc(=O)oc2c1C. The lowest BCUT2D eigenvalue weighted by molar-refractivity contribution is -0.938. The number of rotatable bonds is 5. The molecule has 2 aromatic carbocycles. The van der Waals surface area contributed by atoms with Crippen LogP contribution in [0.4, 0.5) is 4.39 Å². The lowest BCUT2D eigenvalue weighted by Gasteiger charge is -2.20. The van der Waals surface area contributed by atoms with Crippen LogP contribution in [0.1, 0.15) is 35.1 Å². The Hall–Kier alpha value is -2.46. The van der Waals surface area contributed by atoms with Gasteiger partial charge >= 0.3 is 5.63 Å². The van der Waals surface area contributed by atoms with E-state index in [1.165, 1.54) is 11.0 Å². The lowest BCUT2D eigenvalue weighted by Crippen LogP contribution is -3.10. The Bertz CT molecular complexity index is 1020. The zero-order valence-electron chi connectivity index (χ0n) is 15.1. The van der Waals surface area contributed by atoms with E-state index in [-0.39, 0.29) is 11.4 Å². The van der Waals surface area contributed by atoms with Gasteiger partial charge in [-0.25, -0.2) is 9.18 Å². The van der Waals surface area contributed by atoms with Crippen molar-refractivity contribution in [2.45, 2.75) is 45.8 Å². The second-order valence-electron chi connectivity index (χ2n) is 7.35. The number of hydrogen-bond donors (Lipinski definition) is 1. The minimum absolute atomic E-state index is 0.158. The summed E-state index contributed by atoms with van der Waals surface area (Å²) in [5, 5.41) is 0.986. The predicted molar refractivity (Wildman–Crippen MR) is 99.8 cm³/mol. The van der Waals surface area contributed by atoms with Crippen LogP contribution in [0.2, 0.25) is 0 Å². The Balaban J connectivity index is 1.71. The van der Waals surface area contributed by atoms with Gasteiger partial charge in [0.25, 0.3) is 0 Å². The van der Waals surface area contributed by atoms with Crippen LogP contribution in [0, 0.1) is 19.7 Å². The van der Waals surface area contributed by atoms with E-state index in [2.05, 4.69) is 6.07 Å². The average Bonchev–Trinajstić information content (AvgIpc) is 3.45. The molecule has 0 aliphatic heterocycles. The molecule has 1 aliphatic rings. The molecule has 1 atom stereocenters. The summed E-state index contributed by atoms with van der Waals surface area (Å²) in [4.78, 5) is 13.4. The van der Waals surface area contributed by atoms with Crippen LogP contribution >= 0.6 is 0 Å². The molecule has 4 heteroatoms. The van der Waals surface area contributed by atoms with Crippen LogP contribution in [0.5, 0.6) is 0 Å². The van der Waals surface area contributed by atoms with Crippen molar-refractivity contribution in [2.24, 2.45) is 0 Å². The van der Waals surface area contributed by atoms with E-state index >= 15 is 0 Å². The molecule has 26 heavy (non-hydrogen) atoms. The van der Waals surface area contributed by atoms with Gasteiger partial charge in [0.15, 0.2) is 0 Å². The second kappa shape index (κ2) is 6.69. The maximum Gasteiger partial charge on any atom is 0.336 e. The quantitative estimate of drug-likeness (QED) is 0.715. The summed E-state index contributed by atoms with van der Waals surface area (Å²) in [7, 11) is 0. The molecule has 134 valence electrons. The van der Waals surface area contributed by atoms with Gasteiger partial charge in [-0.05, 0) is 31.0 Å². The number of quaternary nitrogens is 1. The van der Waals surface area contributed by atoms with Gasteiger partial charge in [0.1, 0.15) is 24.5 Å². The van der Waals surface area contributed by atoms with Gasteiger partial charge in [0.05, 0.1) is 6.04 Å². The van der Waals surface area contributed by atoms with E-state index in [0.29, 0.717) is 24.7 Å². The fraction of sp³-hybridized carbons (Fsp3) is 0.318. The van der Waals surface area contributed by atoms with Crippen molar-refractivity contribution in [2.75, 3.05) is 0 Å². The van der Waals surface area contributed by atoms with E-state index in [1.54, 1.807) is 12.1 Å². The summed E-state index contributed by atoms with van der Waals surface area (Å²) >= 11 is 0. The van der Waals surface area contributed by atoms with Crippen molar-refractivity contribution in [3.05, 3.63) is 81.0 Å². The number of fused-ring (bicyclic) bond motifs is 1. The molecule has 3 aromatic rings. The van der Waals surface area contributed by atoms with Crippen molar-refractivity contribution in [3.8, 4) is 0 Å². The lowest BCUT2D eigenvalue weighted by atomic mass is 10.0. The van der Waals surface area contributed by atoms with Crippen LogP contribution in [0.15, 0.2) is 51.7 Å². The Kier molecular flexibility index (Phi) is 4.37. The zero-order valence-corrected chi connectivity index (χ0v) is 15.1. The van der Waals surface area contributed by atoms with E-state index < -0.39 is 0 Å². The Morgan fingerprint density at radius 1 is 1.08 bits per heavy atom. The summed E-state index contributed by atoms with van der Waals surface area (Å²) in [6.07, 6.45) is 2.31. The Labute approximate surface area is 152 Å². The van der Waals surface area contributed by atoms with Crippen LogP contribution in [0.3, 0.4) is 0 Å². The first-order chi connectivity index (χ1) is 12.5. The number of halogens is 1. The van der Waals surface area contributed by atoms with Gasteiger partial charge < -0.3 is 9.32 Å². The molecule has 0 radical (unpaired) electrons. The largest absolute Gasteiger partial charge is 0.422 e. The third-order valence-corrected chi connectivity index (χ3v) is 5.46. The number of hydrogen-bond acceptors (Lipinski definition) is 2. The van der Waals surface area contributed by atoms with Crippen molar-refractivity contribution in [1.82, 2.24) is 0 Å². The maximum atomic E-state index is 14.1. The molecule has 0 amide bonds. The van der Waals surface area contributed by atoms with E-state index in [0.717, 1.165) is 40.5 Å². The molecular weight excluding hydrogens is 329 g/mol. The minimum Gasteiger partial charge on any atom is -0.422 e. The number of aryl methyl sites for hydroxylation is 2. The van der Waals surface area contributed by atoms with Crippen LogP contribution in [-0.2, 0) is 13.1 Å². The van der Waals surface area contributed by atoms with Crippen molar-refractivity contribution >= 4 is 11.0 Å². The van der Waals surface area contributed by atoms with Crippen LogP contribution in [-0.4, -0.2) is 6.04 Å². The van der Waals surface area contributed by atoms with Gasteiger partial charge in [-0.3, -0.25) is 0 Å². The van der Waals surface area contributed by atoms with E-state index in [1.807, 2.05) is 32.0 Å². The summed E-state index contributed by atoms with van der Waals surface area (Å²) in [5.41, 5.74) is 4.18. The zero-order chi connectivity index (χ0) is 18.3. The van der Waals surface area contributed by atoms with Crippen molar-refractivity contribution in [1.29, 1.82) is 0 Å². The van der Waals surface area contributed by atoms with Crippen molar-refractivity contribution < 1.29 is 13.7 Å². The summed E-state index contributed by atoms with van der Waals surface area (Å²) in [5.74, 6) is -0.158. The van der Waals surface area contributed by atoms with E-state index in [9.17, 15) is 9.18 Å². The highest BCUT2D eigenvalue weighted by molar-refractivity contribution is 5.83. The van der Waals surface area contributed by atoms with Gasteiger partial charge in [-0.15, -0.1) is 0 Å². The molecule has 1 heterocycles. The first-order valence-electron chi connectivity index (χ1n) is 9.14. The first kappa shape index (κ1) is 17.0. The summed E-state index contributed by atoms with van der Waals surface area (Å²) < 4.78 is 19.6. The van der Waals surface area contributed by atoms with Gasteiger partial charge in [0, 0.05) is 35.4 Å². The Morgan fingerprint density at radius 3 is 2.54 bits per heavy atom. The standard InChI is InChI=1S/C22H22FNO2/c1-14-7-10-19-17(11-21(25)26-22(19)15(14)2)13-24(18-8-9-18)12-16-5-3-4-6-20(16)23/h3-7,10-11,18H,8-9,12-13H2,1-2H3/p+1. The highest BCUT2D eigenvalue weighted by atomic mass is 19.1. The third kappa shape index (κ3) is 3.29. The summed E-state index contributed by atoms with van der Waals surface area (Å²) in [6.45, 7) is 5.32. The smallest absolute Gasteiger partial charge is 0.336 e. The number of benzene rings is 2. The average molecular weight is 352 g/mol. The molecule has 1 N–H and O–H groups in total. The molecular formula is C22H23FNO2+. The number of nitrogens with one attached hydrogen (secondary N) is 1. The second-order valence-corrected chi connectivity index (χ2v) is 7.35. The van der Waals surface area contributed by atoms with Crippen LogP contribution < -0.4 is 10.5 Å². The van der Waals surface area contributed by atoms with E-state index in [4.69, 9.17) is 4.42 Å². The highest BCUT2D eigenvalue weighted by Gasteiger charge is 2.34. The molecule has 1 aromatic heterocycles. The molecule has 1 unspecified atom stereocenters. The minimum atomic E-state index is -0.317. The molecule has 1 fully saturated rings. The first-order valence-corrected chi connectivity index (χ1v) is 9.14. The third-order valence-electron chi connectivity index (χ3n) is 5.46. The fourth-order valence-electron chi connectivity index (χ4n) is 3.64.